The first kappa shape index (κ1) is 19.9. The molecule has 158 valence electrons. The molecule has 4 aromatic rings. The first-order chi connectivity index (χ1) is 15.3. The molecule has 9 heteroatoms. The molecule has 1 aliphatic rings. The van der Waals surface area contributed by atoms with Crippen molar-refractivity contribution in [1.82, 2.24) is 4.98 Å². The Hall–Kier alpha value is -4.04. The van der Waals surface area contributed by atoms with Gasteiger partial charge in [-0.3, -0.25) is 24.6 Å². The highest BCUT2D eigenvalue weighted by molar-refractivity contribution is 6.31. The number of hydrogen-bond donors (Lipinski definition) is 0. The zero-order chi connectivity index (χ0) is 22.6. The average molecular weight is 448 g/mol. The normalized spacial score (nSPS) is 15.2. The number of carbonyl (C=O) groups is 1. The number of rotatable bonds is 3. The molecule has 0 aliphatic carbocycles. The van der Waals surface area contributed by atoms with Crippen LogP contribution in [0.2, 0.25) is 5.02 Å². The number of non-ortho nitro benzene ring substituents is 1. The Balaban J connectivity index is 1.83. The Labute approximate surface area is 185 Å². The number of nitro groups is 1. The highest BCUT2D eigenvalue weighted by Gasteiger charge is 2.44. The van der Waals surface area contributed by atoms with Gasteiger partial charge in [0.1, 0.15) is 11.4 Å². The van der Waals surface area contributed by atoms with Gasteiger partial charge in [-0.2, -0.15) is 0 Å². The van der Waals surface area contributed by atoms with Crippen LogP contribution in [0, 0.1) is 17.0 Å². The minimum Gasteiger partial charge on any atom is -0.450 e. The molecule has 0 bridgehead atoms. The van der Waals surface area contributed by atoms with E-state index in [4.69, 9.17) is 16.0 Å². The largest absolute Gasteiger partial charge is 0.450 e. The van der Waals surface area contributed by atoms with E-state index in [9.17, 15) is 19.7 Å². The number of nitro benzene ring substituents is 1. The van der Waals surface area contributed by atoms with Gasteiger partial charge in [0.05, 0.1) is 21.9 Å². The van der Waals surface area contributed by atoms with Gasteiger partial charge >= 0.3 is 0 Å². The highest BCUT2D eigenvalue weighted by Crippen LogP contribution is 2.41. The van der Waals surface area contributed by atoms with E-state index >= 15 is 0 Å². The lowest BCUT2D eigenvalue weighted by Crippen LogP contribution is -2.30. The minimum atomic E-state index is -0.952. The molecule has 0 unspecified atom stereocenters. The highest BCUT2D eigenvalue weighted by atomic mass is 35.5. The maximum atomic E-state index is 13.5. The molecule has 32 heavy (non-hydrogen) atoms. The molecule has 1 atom stereocenters. The van der Waals surface area contributed by atoms with Crippen molar-refractivity contribution in [3.05, 3.63) is 109 Å². The number of aryl methyl sites for hydroxylation is 1. The van der Waals surface area contributed by atoms with Crippen molar-refractivity contribution in [2.75, 3.05) is 4.90 Å². The summed E-state index contributed by atoms with van der Waals surface area (Å²) in [5.41, 5.74) is 0.790. The monoisotopic (exact) mass is 447 g/mol. The topological polar surface area (TPSA) is 107 Å². The van der Waals surface area contributed by atoms with Gasteiger partial charge in [-0.05, 0) is 42.8 Å². The molecule has 0 saturated heterocycles. The van der Waals surface area contributed by atoms with Crippen LogP contribution in [0.15, 0.2) is 69.9 Å². The Bertz CT molecular complexity index is 1500. The fraction of sp³-hybridized carbons (Fsp3) is 0.0870. The molecule has 0 N–H and O–H groups in total. The maximum absolute atomic E-state index is 13.5. The van der Waals surface area contributed by atoms with Crippen LogP contribution in [0.25, 0.3) is 11.0 Å². The Morgan fingerprint density at radius 1 is 1.09 bits per heavy atom. The molecule has 1 aliphatic heterocycles. The van der Waals surface area contributed by atoms with Crippen LogP contribution in [-0.2, 0) is 0 Å². The van der Waals surface area contributed by atoms with Gasteiger partial charge in [-0.15, -0.1) is 0 Å². The molecule has 0 radical (unpaired) electrons. The van der Waals surface area contributed by atoms with Gasteiger partial charge in [-0.25, -0.2) is 4.98 Å². The number of anilines is 1. The second-order valence-electron chi connectivity index (χ2n) is 7.38. The van der Waals surface area contributed by atoms with Crippen molar-refractivity contribution < 1.29 is 14.1 Å². The van der Waals surface area contributed by atoms with E-state index in [-0.39, 0.29) is 28.0 Å². The van der Waals surface area contributed by atoms with E-state index in [1.165, 1.54) is 35.2 Å². The number of aromatic nitrogens is 1. The van der Waals surface area contributed by atoms with Gasteiger partial charge in [0.2, 0.25) is 5.76 Å². The third kappa shape index (κ3) is 3.04. The van der Waals surface area contributed by atoms with Crippen LogP contribution < -0.4 is 10.3 Å². The second kappa shape index (κ2) is 7.28. The summed E-state index contributed by atoms with van der Waals surface area (Å²) >= 11 is 6.08. The molecule has 0 fully saturated rings. The zero-order valence-electron chi connectivity index (χ0n) is 16.6. The molecule has 3 heterocycles. The van der Waals surface area contributed by atoms with Crippen LogP contribution >= 0.6 is 11.6 Å². The molecule has 0 spiro atoms. The number of halogens is 1. The van der Waals surface area contributed by atoms with Crippen LogP contribution in [0.4, 0.5) is 11.5 Å². The Morgan fingerprint density at radius 3 is 2.62 bits per heavy atom. The van der Waals surface area contributed by atoms with Crippen LogP contribution in [-0.4, -0.2) is 15.8 Å². The number of fused-ring (bicyclic) bond motifs is 2. The Kier molecular flexibility index (Phi) is 4.53. The number of benzene rings is 2. The lowest BCUT2D eigenvalue weighted by Gasteiger charge is -2.24. The molecule has 1 amide bonds. The fourth-order valence-electron chi connectivity index (χ4n) is 3.97. The van der Waals surface area contributed by atoms with Crippen molar-refractivity contribution >= 4 is 40.0 Å². The van der Waals surface area contributed by atoms with E-state index in [0.29, 0.717) is 22.1 Å². The van der Waals surface area contributed by atoms with Crippen molar-refractivity contribution in [3.63, 3.8) is 0 Å². The summed E-state index contributed by atoms with van der Waals surface area (Å²) in [5, 5.41) is 11.9. The zero-order valence-corrected chi connectivity index (χ0v) is 17.4. The molecule has 8 nitrogen and oxygen atoms in total. The lowest BCUT2D eigenvalue weighted by molar-refractivity contribution is -0.384. The van der Waals surface area contributed by atoms with E-state index in [2.05, 4.69) is 4.98 Å². The molecule has 2 aromatic heterocycles. The summed E-state index contributed by atoms with van der Waals surface area (Å²) in [6.45, 7) is 1.78. The van der Waals surface area contributed by atoms with E-state index < -0.39 is 22.3 Å². The van der Waals surface area contributed by atoms with Crippen LogP contribution in [0.3, 0.4) is 0 Å². The smallest absolute Gasteiger partial charge is 0.296 e. The molecular formula is C23H14ClN3O5. The van der Waals surface area contributed by atoms with Gasteiger partial charge in [0, 0.05) is 22.8 Å². The molecule has 2 aromatic carbocycles. The van der Waals surface area contributed by atoms with Crippen LogP contribution in [0.1, 0.15) is 33.4 Å². The first-order valence-electron chi connectivity index (χ1n) is 9.63. The van der Waals surface area contributed by atoms with Crippen molar-refractivity contribution in [1.29, 1.82) is 0 Å². The molecule has 0 saturated carbocycles. The number of carbonyl (C=O) groups excluding carboxylic acids is 1. The van der Waals surface area contributed by atoms with E-state index in [0.717, 1.165) is 0 Å². The average Bonchev–Trinajstić information content (AvgIpc) is 3.07. The van der Waals surface area contributed by atoms with E-state index in [1.54, 1.807) is 37.3 Å². The van der Waals surface area contributed by atoms with Gasteiger partial charge < -0.3 is 4.42 Å². The predicted molar refractivity (Wildman–Crippen MR) is 118 cm³/mol. The fourth-order valence-corrected chi connectivity index (χ4v) is 4.14. The van der Waals surface area contributed by atoms with Gasteiger partial charge in [-0.1, -0.05) is 29.8 Å². The van der Waals surface area contributed by atoms with Crippen molar-refractivity contribution in [3.8, 4) is 0 Å². The first-order valence-corrected chi connectivity index (χ1v) is 10.0. The van der Waals surface area contributed by atoms with Crippen LogP contribution in [0.5, 0.6) is 0 Å². The lowest BCUT2D eigenvalue weighted by atomic mass is 9.98. The molecular weight excluding hydrogens is 434 g/mol. The third-order valence-electron chi connectivity index (χ3n) is 5.35. The summed E-state index contributed by atoms with van der Waals surface area (Å²) in [5.74, 6) is -0.368. The minimum absolute atomic E-state index is 0.0913. The maximum Gasteiger partial charge on any atom is 0.296 e. The summed E-state index contributed by atoms with van der Waals surface area (Å²) in [6, 6.07) is 14.6. The standard InChI is InChI=1S/C23H14ClN3O5/c1-12-4-2-7-18(25-12)26-20(13-5-3-6-15(10-13)27(30)31)19-21(28)16-11-14(24)8-9-17(16)32-22(19)23(26)29/h2-11,20H,1H3/t20-/m0/s1. The third-order valence-corrected chi connectivity index (χ3v) is 5.58. The number of amides is 1. The summed E-state index contributed by atoms with van der Waals surface area (Å²) in [7, 11) is 0. The number of pyridine rings is 1. The van der Waals surface area contributed by atoms with Crippen molar-refractivity contribution in [2.45, 2.75) is 13.0 Å². The summed E-state index contributed by atoms with van der Waals surface area (Å²) in [6.07, 6.45) is 0. The predicted octanol–water partition coefficient (Wildman–Crippen LogP) is 4.81. The second-order valence-corrected chi connectivity index (χ2v) is 7.82. The number of hydrogen-bond acceptors (Lipinski definition) is 6. The summed E-state index contributed by atoms with van der Waals surface area (Å²) < 4.78 is 5.85. The number of nitrogens with zero attached hydrogens (tertiary/aromatic N) is 3. The van der Waals surface area contributed by atoms with Gasteiger partial charge in [0.25, 0.3) is 11.6 Å². The SMILES string of the molecule is Cc1cccc(N2C(=O)c3oc4ccc(Cl)cc4c(=O)c3[C@@H]2c2cccc([N+](=O)[O-])c2)n1. The summed E-state index contributed by atoms with van der Waals surface area (Å²) in [4.78, 5) is 43.6. The van der Waals surface area contributed by atoms with Gasteiger partial charge in [0.15, 0.2) is 5.43 Å². The van der Waals surface area contributed by atoms with Crippen molar-refractivity contribution in [2.24, 2.45) is 0 Å². The Morgan fingerprint density at radius 2 is 1.88 bits per heavy atom. The molecule has 5 rings (SSSR count). The van der Waals surface area contributed by atoms with E-state index in [1.807, 2.05) is 0 Å². The quantitative estimate of drug-likeness (QED) is 0.329.